The van der Waals surface area contributed by atoms with E-state index in [-0.39, 0.29) is 5.75 Å². The Morgan fingerprint density at radius 3 is 2.56 bits per heavy atom. The van der Waals surface area contributed by atoms with Gasteiger partial charge in [-0.25, -0.2) is 0 Å². The Kier molecular flexibility index (Phi) is 5.32. The molecule has 0 fully saturated rings. The topological polar surface area (TPSA) is 18.5 Å². The number of ether oxygens (including phenoxy) is 2. The van der Waals surface area contributed by atoms with Crippen LogP contribution in [0.4, 0.5) is 8.78 Å². The molecule has 0 amide bonds. The van der Waals surface area contributed by atoms with Crippen molar-refractivity contribution in [2.24, 2.45) is 0 Å². The molecule has 0 aliphatic heterocycles. The van der Waals surface area contributed by atoms with Gasteiger partial charge in [-0.05, 0) is 25.0 Å². The number of benzene rings is 1. The Morgan fingerprint density at radius 2 is 2.00 bits per heavy atom. The highest BCUT2D eigenvalue weighted by molar-refractivity contribution is 6.17. The predicted octanol–water partition coefficient (Wildman–Crippen LogP) is 3.47. The average Bonchev–Trinajstić information content (AvgIpc) is 2.26. The summed E-state index contributed by atoms with van der Waals surface area (Å²) in [4.78, 5) is 0. The summed E-state index contributed by atoms with van der Waals surface area (Å²) < 4.78 is 33.9. The van der Waals surface area contributed by atoms with Crippen LogP contribution in [-0.4, -0.2) is 19.6 Å². The van der Waals surface area contributed by atoms with Crippen molar-refractivity contribution in [2.75, 3.05) is 13.0 Å². The normalized spacial score (nSPS) is 10.6. The van der Waals surface area contributed by atoms with E-state index in [9.17, 15) is 8.78 Å². The van der Waals surface area contributed by atoms with Gasteiger partial charge >= 0.3 is 6.61 Å². The number of hydrogen-bond acceptors (Lipinski definition) is 2. The van der Waals surface area contributed by atoms with Gasteiger partial charge in [-0.2, -0.15) is 8.78 Å². The lowest BCUT2D eigenvalue weighted by molar-refractivity contribution is -0.0505. The van der Waals surface area contributed by atoms with Gasteiger partial charge in [-0.1, -0.05) is 6.07 Å². The number of halogens is 3. The van der Waals surface area contributed by atoms with E-state index in [4.69, 9.17) is 16.3 Å². The molecule has 1 aromatic carbocycles. The molecule has 0 spiro atoms. The molecule has 0 unspecified atom stereocenters. The zero-order valence-corrected chi connectivity index (χ0v) is 9.64. The van der Waals surface area contributed by atoms with Crippen molar-refractivity contribution in [3.63, 3.8) is 0 Å². The van der Waals surface area contributed by atoms with Crippen LogP contribution in [0, 0.1) is 0 Å². The van der Waals surface area contributed by atoms with Gasteiger partial charge in [0.25, 0.3) is 0 Å². The Balaban J connectivity index is 2.95. The van der Waals surface area contributed by atoms with Crippen LogP contribution >= 0.6 is 11.6 Å². The SMILES string of the molecule is COc1cccc(OC(F)F)c1CCCCl. The molecular weight excluding hydrogens is 238 g/mol. The molecular formula is C11H13ClF2O2. The molecule has 2 nitrogen and oxygen atoms in total. The molecule has 0 atom stereocenters. The molecule has 5 heteroatoms. The van der Waals surface area contributed by atoms with E-state index in [0.29, 0.717) is 30.0 Å². The predicted molar refractivity (Wildman–Crippen MR) is 58.7 cm³/mol. The van der Waals surface area contributed by atoms with E-state index in [0.717, 1.165) is 0 Å². The minimum atomic E-state index is -2.83. The summed E-state index contributed by atoms with van der Waals surface area (Å²) in [6.45, 7) is -2.83. The van der Waals surface area contributed by atoms with Crippen LogP contribution in [-0.2, 0) is 6.42 Å². The third kappa shape index (κ3) is 3.52. The lowest BCUT2D eigenvalue weighted by Crippen LogP contribution is -2.05. The fraction of sp³-hybridized carbons (Fsp3) is 0.455. The van der Waals surface area contributed by atoms with Crippen LogP contribution in [0.3, 0.4) is 0 Å². The monoisotopic (exact) mass is 250 g/mol. The van der Waals surface area contributed by atoms with Gasteiger partial charge in [0.2, 0.25) is 0 Å². The van der Waals surface area contributed by atoms with Gasteiger partial charge in [0.1, 0.15) is 11.5 Å². The highest BCUT2D eigenvalue weighted by Crippen LogP contribution is 2.30. The summed E-state index contributed by atoms with van der Waals surface area (Å²) in [7, 11) is 1.49. The van der Waals surface area contributed by atoms with Crippen LogP contribution < -0.4 is 9.47 Å². The largest absolute Gasteiger partial charge is 0.496 e. The molecule has 1 aromatic rings. The minimum Gasteiger partial charge on any atom is -0.496 e. The lowest BCUT2D eigenvalue weighted by atomic mass is 10.1. The molecule has 0 aromatic heterocycles. The molecule has 0 radical (unpaired) electrons. The molecule has 90 valence electrons. The van der Waals surface area contributed by atoms with E-state index in [1.54, 1.807) is 12.1 Å². The van der Waals surface area contributed by atoms with E-state index in [1.807, 2.05) is 0 Å². The van der Waals surface area contributed by atoms with Crippen LogP contribution in [0.2, 0.25) is 0 Å². The summed E-state index contributed by atoms with van der Waals surface area (Å²) in [5.74, 6) is 1.16. The van der Waals surface area contributed by atoms with Gasteiger partial charge in [-0.3, -0.25) is 0 Å². The first-order chi connectivity index (χ1) is 7.69. The minimum absolute atomic E-state index is 0.152. The third-order valence-electron chi connectivity index (χ3n) is 2.09. The summed E-state index contributed by atoms with van der Waals surface area (Å²) in [6.07, 6.45) is 1.23. The van der Waals surface area contributed by atoms with Crippen molar-refractivity contribution in [2.45, 2.75) is 19.5 Å². The standard InChI is InChI=1S/C11H13ClF2O2/c1-15-9-5-2-6-10(16-11(13)14)8(9)4-3-7-12/h2,5-6,11H,3-4,7H2,1H3. The number of hydrogen-bond donors (Lipinski definition) is 0. The Bertz CT molecular complexity index is 332. The van der Waals surface area contributed by atoms with Crippen molar-refractivity contribution >= 4 is 11.6 Å². The Labute approximate surface area is 98.1 Å². The molecule has 0 heterocycles. The molecule has 16 heavy (non-hydrogen) atoms. The average molecular weight is 251 g/mol. The second kappa shape index (κ2) is 6.53. The Hall–Kier alpha value is -1.03. The zero-order valence-electron chi connectivity index (χ0n) is 8.88. The van der Waals surface area contributed by atoms with Gasteiger partial charge < -0.3 is 9.47 Å². The molecule has 0 saturated heterocycles. The van der Waals surface area contributed by atoms with Crippen molar-refractivity contribution in [1.29, 1.82) is 0 Å². The maximum Gasteiger partial charge on any atom is 0.387 e. The third-order valence-corrected chi connectivity index (χ3v) is 2.35. The molecule has 1 rings (SSSR count). The highest BCUT2D eigenvalue weighted by Gasteiger charge is 2.13. The fourth-order valence-electron chi connectivity index (χ4n) is 1.43. The summed E-state index contributed by atoms with van der Waals surface area (Å²) in [6, 6.07) is 4.82. The van der Waals surface area contributed by atoms with E-state index in [2.05, 4.69) is 4.74 Å². The van der Waals surface area contributed by atoms with Crippen LogP contribution in [0.5, 0.6) is 11.5 Å². The quantitative estimate of drug-likeness (QED) is 0.720. The zero-order chi connectivity index (χ0) is 12.0. The number of methoxy groups -OCH3 is 1. The van der Waals surface area contributed by atoms with E-state index < -0.39 is 6.61 Å². The van der Waals surface area contributed by atoms with Gasteiger partial charge in [0.15, 0.2) is 0 Å². The number of alkyl halides is 3. The van der Waals surface area contributed by atoms with Crippen molar-refractivity contribution in [1.82, 2.24) is 0 Å². The maximum absolute atomic E-state index is 12.2. The molecule has 0 saturated carbocycles. The van der Waals surface area contributed by atoms with Crippen molar-refractivity contribution in [3.05, 3.63) is 23.8 Å². The van der Waals surface area contributed by atoms with E-state index in [1.165, 1.54) is 13.2 Å². The highest BCUT2D eigenvalue weighted by atomic mass is 35.5. The van der Waals surface area contributed by atoms with Gasteiger partial charge in [0, 0.05) is 11.4 Å². The first-order valence-electron chi connectivity index (χ1n) is 4.85. The molecule has 0 bridgehead atoms. The first-order valence-corrected chi connectivity index (χ1v) is 5.39. The van der Waals surface area contributed by atoms with Gasteiger partial charge in [0.05, 0.1) is 7.11 Å². The van der Waals surface area contributed by atoms with Gasteiger partial charge in [-0.15, -0.1) is 11.6 Å². The molecule has 0 aliphatic rings. The van der Waals surface area contributed by atoms with Crippen LogP contribution in [0.1, 0.15) is 12.0 Å². The summed E-state index contributed by atoms with van der Waals surface area (Å²) in [5, 5.41) is 0. The first kappa shape index (κ1) is 13.0. The van der Waals surface area contributed by atoms with Crippen molar-refractivity contribution in [3.8, 4) is 11.5 Å². The number of rotatable bonds is 6. The molecule has 0 aliphatic carbocycles. The summed E-state index contributed by atoms with van der Waals surface area (Å²) in [5.41, 5.74) is 0.631. The van der Waals surface area contributed by atoms with Crippen molar-refractivity contribution < 1.29 is 18.3 Å². The maximum atomic E-state index is 12.2. The fourth-order valence-corrected chi connectivity index (χ4v) is 1.57. The lowest BCUT2D eigenvalue weighted by Gasteiger charge is -2.13. The van der Waals surface area contributed by atoms with Crippen LogP contribution in [0.25, 0.3) is 0 Å². The van der Waals surface area contributed by atoms with Crippen LogP contribution in [0.15, 0.2) is 18.2 Å². The smallest absolute Gasteiger partial charge is 0.387 e. The second-order valence-corrected chi connectivity index (χ2v) is 3.49. The molecule has 0 N–H and O–H groups in total. The second-order valence-electron chi connectivity index (χ2n) is 3.11. The Morgan fingerprint density at radius 1 is 1.31 bits per heavy atom. The van der Waals surface area contributed by atoms with E-state index >= 15 is 0 Å². The summed E-state index contributed by atoms with van der Waals surface area (Å²) >= 11 is 5.58.